The zero-order chi connectivity index (χ0) is 17.8. The number of benzene rings is 1. The first-order valence-electron chi connectivity index (χ1n) is 7.98. The fraction of sp³-hybridized carbons (Fsp3) is 0.278. The van der Waals surface area contributed by atoms with Gasteiger partial charge in [0.2, 0.25) is 11.1 Å². The largest absolute Gasteiger partial charge is 0.461 e. The van der Waals surface area contributed by atoms with Gasteiger partial charge in [-0.15, -0.1) is 5.10 Å². The molecule has 25 heavy (non-hydrogen) atoms. The van der Waals surface area contributed by atoms with Gasteiger partial charge in [0.1, 0.15) is 0 Å². The van der Waals surface area contributed by atoms with Crippen LogP contribution in [0.1, 0.15) is 29.7 Å². The molecule has 1 unspecified atom stereocenters. The molecule has 0 aliphatic carbocycles. The van der Waals surface area contributed by atoms with Gasteiger partial charge in [-0.25, -0.2) is 0 Å². The molecule has 0 spiro atoms. The molecular weight excluding hydrogens is 336 g/mol. The highest BCUT2D eigenvalue weighted by atomic mass is 32.2. The minimum Gasteiger partial charge on any atom is -0.461 e. The lowest BCUT2D eigenvalue weighted by molar-refractivity contribution is -0.119. The summed E-state index contributed by atoms with van der Waals surface area (Å²) in [5.74, 6) is 1.37. The summed E-state index contributed by atoms with van der Waals surface area (Å²) < 4.78 is 5.26. The number of aryl methyl sites for hydroxylation is 2. The quantitative estimate of drug-likeness (QED) is 0.659. The SMILES string of the molecule is Cc1ccc(C(C)NC(=O)CSc2n[nH]c(-c3ccco3)n2)cc1C. The van der Waals surface area contributed by atoms with Crippen molar-refractivity contribution in [3.63, 3.8) is 0 Å². The maximum absolute atomic E-state index is 12.2. The van der Waals surface area contributed by atoms with E-state index in [0.717, 1.165) is 5.56 Å². The van der Waals surface area contributed by atoms with E-state index in [1.807, 2.05) is 13.0 Å². The third-order valence-corrected chi connectivity index (χ3v) is 4.81. The average Bonchev–Trinajstić information content (AvgIpc) is 3.26. The van der Waals surface area contributed by atoms with Crippen LogP contribution in [0, 0.1) is 13.8 Å². The zero-order valence-corrected chi connectivity index (χ0v) is 15.2. The van der Waals surface area contributed by atoms with Crippen LogP contribution >= 0.6 is 11.8 Å². The predicted molar refractivity (Wildman–Crippen MR) is 97.3 cm³/mol. The highest BCUT2D eigenvalue weighted by Crippen LogP contribution is 2.20. The van der Waals surface area contributed by atoms with Gasteiger partial charge in [-0.1, -0.05) is 30.0 Å². The van der Waals surface area contributed by atoms with Crippen LogP contribution in [0.15, 0.2) is 46.2 Å². The Kier molecular flexibility index (Phi) is 5.23. The minimum atomic E-state index is -0.0555. The van der Waals surface area contributed by atoms with Crippen LogP contribution in [-0.4, -0.2) is 26.8 Å². The second-order valence-corrected chi connectivity index (χ2v) is 6.81. The van der Waals surface area contributed by atoms with Gasteiger partial charge in [0.15, 0.2) is 11.6 Å². The maximum Gasteiger partial charge on any atom is 0.230 e. The summed E-state index contributed by atoms with van der Waals surface area (Å²) in [6.07, 6.45) is 1.58. The summed E-state index contributed by atoms with van der Waals surface area (Å²) in [5, 5.41) is 10.4. The normalized spacial score (nSPS) is 12.1. The van der Waals surface area contributed by atoms with E-state index >= 15 is 0 Å². The van der Waals surface area contributed by atoms with E-state index in [4.69, 9.17) is 4.42 Å². The van der Waals surface area contributed by atoms with E-state index < -0.39 is 0 Å². The van der Waals surface area contributed by atoms with Crippen LogP contribution < -0.4 is 5.32 Å². The van der Waals surface area contributed by atoms with E-state index in [1.54, 1.807) is 18.4 Å². The Balaban J connectivity index is 1.53. The molecule has 2 heterocycles. The molecule has 0 fully saturated rings. The molecule has 0 saturated carbocycles. The Hall–Kier alpha value is -2.54. The standard InChI is InChI=1S/C18H20N4O2S/c1-11-6-7-14(9-12(11)2)13(3)19-16(23)10-25-18-20-17(21-22-18)15-5-4-8-24-15/h4-9,13H,10H2,1-3H3,(H,19,23)(H,20,21,22). The first-order chi connectivity index (χ1) is 12.0. The molecule has 1 atom stereocenters. The summed E-state index contributed by atoms with van der Waals surface area (Å²) in [5.41, 5.74) is 3.56. The van der Waals surface area contributed by atoms with Crippen molar-refractivity contribution in [2.24, 2.45) is 0 Å². The monoisotopic (exact) mass is 356 g/mol. The van der Waals surface area contributed by atoms with Gasteiger partial charge in [-0.2, -0.15) is 4.98 Å². The van der Waals surface area contributed by atoms with E-state index in [9.17, 15) is 4.79 Å². The van der Waals surface area contributed by atoms with E-state index in [1.165, 1.54) is 22.9 Å². The number of nitrogens with zero attached hydrogens (tertiary/aromatic N) is 2. The molecule has 3 aromatic rings. The number of carbonyl (C=O) groups is 1. The number of amides is 1. The van der Waals surface area contributed by atoms with Gasteiger partial charge in [-0.3, -0.25) is 9.89 Å². The smallest absolute Gasteiger partial charge is 0.230 e. The van der Waals surface area contributed by atoms with Crippen molar-refractivity contribution in [3.05, 3.63) is 53.3 Å². The number of thioether (sulfide) groups is 1. The molecule has 0 aliphatic heterocycles. The van der Waals surface area contributed by atoms with E-state index in [0.29, 0.717) is 16.7 Å². The molecule has 0 saturated heterocycles. The molecule has 0 radical (unpaired) electrons. The molecule has 1 aromatic carbocycles. The number of hydrogen-bond acceptors (Lipinski definition) is 5. The van der Waals surface area contributed by atoms with E-state index in [-0.39, 0.29) is 17.7 Å². The first kappa shape index (κ1) is 17.3. The van der Waals surface area contributed by atoms with Gasteiger partial charge in [-0.05, 0) is 49.6 Å². The minimum absolute atomic E-state index is 0.0433. The third-order valence-electron chi connectivity index (χ3n) is 3.96. The molecule has 6 nitrogen and oxygen atoms in total. The molecule has 130 valence electrons. The van der Waals surface area contributed by atoms with Crippen LogP contribution in [0.3, 0.4) is 0 Å². The predicted octanol–water partition coefficient (Wildman–Crippen LogP) is 3.65. The number of rotatable bonds is 6. The number of nitrogens with one attached hydrogen (secondary N) is 2. The lowest BCUT2D eigenvalue weighted by Gasteiger charge is -2.15. The van der Waals surface area contributed by atoms with Crippen LogP contribution in [0.5, 0.6) is 0 Å². The second-order valence-electron chi connectivity index (χ2n) is 5.87. The summed E-state index contributed by atoms with van der Waals surface area (Å²) in [4.78, 5) is 16.5. The highest BCUT2D eigenvalue weighted by Gasteiger charge is 2.13. The molecule has 2 aromatic heterocycles. The maximum atomic E-state index is 12.2. The van der Waals surface area contributed by atoms with E-state index in [2.05, 4.69) is 46.5 Å². The second kappa shape index (κ2) is 7.57. The van der Waals surface area contributed by atoms with Gasteiger partial charge in [0.05, 0.1) is 18.1 Å². The molecule has 0 bridgehead atoms. The Bertz CT molecular complexity index is 858. The highest BCUT2D eigenvalue weighted by molar-refractivity contribution is 7.99. The number of hydrogen-bond donors (Lipinski definition) is 2. The fourth-order valence-electron chi connectivity index (χ4n) is 2.36. The van der Waals surface area contributed by atoms with Crippen molar-refractivity contribution in [3.8, 4) is 11.6 Å². The Morgan fingerprint density at radius 1 is 1.32 bits per heavy atom. The van der Waals surface area contributed by atoms with Crippen molar-refractivity contribution in [2.45, 2.75) is 32.0 Å². The molecule has 2 N–H and O–H groups in total. The number of furan rings is 1. The number of carbonyl (C=O) groups excluding carboxylic acids is 1. The first-order valence-corrected chi connectivity index (χ1v) is 8.97. The van der Waals surface area contributed by atoms with Crippen LogP contribution in [-0.2, 0) is 4.79 Å². The Morgan fingerprint density at radius 2 is 2.16 bits per heavy atom. The zero-order valence-electron chi connectivity index (χ0n) is 14.4. The van der Waals surface area contributed by atoms with Crippen molar-refractivity contribution in [1.82, 2.24) is 20.5 Å². The van der Waals surface area contributed by atoms with Gasteiger partial charge in [0.25, 0.3) is 0 Å². The van der Waals surface area contributed by atoms with Crippen LogP contribution in [0.2, 0.25) is 0 Å². The number of aromatic amines is 1. The fourth-order valence-corrected chi connectivity index (χ4v) is 2.97. The van der Waals surface area contributed by atoms with Crippen LogP contribution in [0.4, 0.5) is 0 Å². The summed E-state index contributed by atoms with van der Waals surface area (Å²) in [6.45, 7) is 6.13. The van der Waals surface area contributed by atoms with Gasteiger partial charge >= 0.3 is 0 Å². The topological polar surface area (TPSA) is 83.8 Å². The van der Waals surface area contributed by atoms with Gasteiger partial charge in [0, 0.05) is 0 Å². The number of aromatic nitrogens is 3. The summed E-state index contributed by atoms with van der Waals surface area (Å²) in [7, 11) is 0. The molecular formula is C18H20N4O2S. The van der Waals surface area contributed by atoms with Crippen molar-refractivity contribution in [1.29, 1.82) is 0 Å². The molecule has 0 aliphatic rings. The Labute approximate surface area is 150 Å². The average molecular weight is 356 g/mol. The lowest BCUT2D eigenvalue weighted by Crippen LogP contribution is -2.28. The summed E-state index contributed by atoms with van der Waals surface area (Å²) in [6, 6.07) is 9.77. The number of H-pyrrole nitrogens is 1. The molecule has 7 heteroatoms. The van der Waals surface area contributed by atoms with Crippen LogP contribution in [0.25, 0.3) is 11.6 Å². The van der Waals surface area contributed by atoms with Crippen molar-refractivity contribution >= 4 is 17.7 Å². The lowest BCUT2D eigenvalue weighted by atomic mass is 10.0. The van der Waals surface area contributed by atoms with Crippen molar-refractivity contribution < 1.29 is 9.21 Å². The molecule has 1 amide bonds. The molecule has 3 rings (SSSR count). The third kappa shape index (κ3) is 4.30. The summed E-state index contributed by atoms with van der Waals surface area (Å²) >= 11 is 1.28. The Morgan fingerprint density at radius 3 is 2.88 bits per heavy atom. The van der Waals surface area contributed by atoms with Gasteiger partial charge < -0.3 is 9.73 Å². The van der Waals surface area contributed by atoms with Crippen molar-refractivity contribution in [2.75, 3.05) is 5.75 Å².